The molecule has 240 valence electrons. The number of ether oxygens (including phenoxy) is 1. The molecular weight excluding hydrogens is 584 g/mol. The Labute approximate surface area is 253 Å². The van der Waals surface area contributed by atoms with Crippen LogP contribution in [0.25, 0.3) is 0 Å². The van der Waals surface area contributed by atoms with Crippen LogP contribution in [0.5, 0.6) is 5.75 Å². The van der Waals surface area contributed by atoms with Crippen molar-refractivity contribution in [1.29, 1.82) is 0 Å². The fourth-order valence-electron chi connectivity index (χ4n) is 8.42. The summed E-state index contributed by atoms with van der Waals surface area (Å²) < 4.78 is 89.2. The lowest BCUT2D eigenvalue weighted by Gasteiger charge is -2.53. The molecule has 4 nitrogen and oxygen atoms in total. The standard InChI is InChI=1S/C34H39F6NO3/c1-18(32(42)43)31(21-7-8-21)22-9-6-20-10-13-29(44-30(20)16-22)23-14-25-4-3-5-26(15-23)41(25)19(2)27-17-24(33(35,36)37)11-12-28(27)34(38,39)40/h6,9,11-12,16-19,21,23,25-26,29,31H,3-5,7-8,10,13-15H2,1-2H3,(H,42,43)/t18-,19-,23?,25?,26?,29?,31-/m0/s1. The number of halogens is 6. The van der Waals surface area contributed by atoms with Gasteiger partial charge in [0.25, 0.3) is 0 Å². The maximum atomic E-state index is 14.0. The van der Waals surface area contributed by atoms with E-state index in [1.807, 2.05) is 17.0 Å². The van der Waals surface area contributed by atoms with Gasteiger partial charge in [-0.25, -0.2) is 0 Å². The third kappa shape index (κ3) is 6.07. The quantitative estimate of drug-likeness (QED) is 0.313. The summed E-state index contributed by atoms with van der Waals surface area (Å²) in [5.74, 6) is -0.0472. The van der Waals surface area contributed by atoms with Crippen LogP contribution in [0.4, 0.5) is 26.3 Å². The Kier molecular flexibility index (Phi) is 8.21. The van der Waals surface area contributed by atoms with Crippen LogP contribution >= 0.6 is 0 Å². The Morgan fingerprint density at radius 2 is 1.59 bits per heavy atom. The van der Waals surface area contributed by atoms with Crippen molar-refractivity contribution in [3.05, 3.63) is 64.2 Å². The van der Waals surface area contributed by atoms with Crippen molar-refractivity contribution in [3.8, 4) is 5.75 Å². The van der Waals surface area contributed by atoms with Crippen LogP contribution < -0.4 is 4.74 Å². The number of carboxylic acid groups (broad SMARTS) is 1. The largest absolute Gasteiger partial charge is 0.490 e. The van der Waals surface area contributed by atoms with Crippen LogP contribution in [0.3, 0.4) is 0 Å². The molecule has 1 aliphatic carbocycles. The highest BCUT2D eigenvalue weighted by Crippen LogP contribution is 2.50. The van der Waals surface area contributed by atoms with E-state index in [1.54, 1.807) is 13.8 Å². The van der Waals surface area contributed by atoms with Crippen molar-refractivity contribution in [1.82, 2.24) is 4.90 Å². The van der Waals surface area contributed by atoms with E-state index in [0.717, 1.165) is 61.8 Å². The van der Waals surface area contributed by atoms with E-state index < -0.39 is 41.4 Å². The van der Waals surface area contributed by atoms with Gasteiger partial charge in [0.15, 0.2) is 0 Å². The van der Waals surface area contributed by atoms with Gasteiger partial charge in [0, 0.05) is 18.1 Å². The number of aliphatic carboxylic acids is 1. The Bertz CT molecular complexity index is 1370. The van der Waals surface area contributed by atoms with Crippen LogP contribution in [-0.4, -0.2) is 34.2 Å². The Hall–Kier alpha value is -2.75. The first-order valence-corrected chi connectivity index (χ1v) is 15.8. The van der Waals surface area contributed by atoms with Gasteiger partial charge in [0.1, 0.15) is 11.9 Å². The molecule has 1 saturated carbocycles. The fourth-order valence-corrected chi connectivity index (χ4v) is 8.42. The number of fused-ring (bicyclic) bond motifs is 3. The van der Waals surface area contributed by atoms with Crippen LogP contribution in [0.1, 0.15) is 105 Å². The van der Waals surface area contributed by atoms with E-state index in [-0.39, 0.29) is 35.6 Å². The molecule has 0 amide bonds. The first-order chi connectivity index (χ1) is 20.7. The normalized spacial score (nSPS) is 28.0. The lowest BCUT2D eigenvalue weighted by atomic mass is 9.73. The lowest BCUT2D eigenvalue weighted by molar-refractivity contribution is -0.142. The second kappa shape index (κ2) is 11.6. The van der Waals surface area contributed by atoms with Gasteiger partial charge < -0.3 is 9.84 Å². The van der Waals surface area contributed by atoms with Crippen LogP contribution in [0, 0.1) is 17.8 Å². The molecule has 0 aromatic heterocycles. The summed E-state index contributed by atoms with van der Waals surface area (Å²) in [6, 6.07) is 6.97. The molecule has 2 saturated heterocycles. The molecule has 2 aromatic carbocycles. The van der Waals surface area contributed by atoms with E-state index in [0.29, 0.717) is 37.0 Å². The van der Waals surface area contributed by atoms with Crippen LogP contribution in [0.15, 0.2) is 36.4 Å². The highest BCUT2D eigenvalue weighted by atomic mass is 19.4. The van der Waals surface area contributed by atoms with Gasteiger partial charge in [-0.1, -0.05) is 25.5 Å². The van der Waals surface area contributed by atoms with Crippen molar-refractivity contribution >= 4 is 5.97 Å². The number of nitrogens with zero attached hydrogens (tertiary/aromatic N) is 1. The molecule has 44 heavy (non-hydrogen) atoms. The number of carbonyl (C=O) groups is 1. The minimum atomic E-state index is -4.76. The van der Waals surface area contributed by atoms with Gasteiger partial charge >= 0.3 is 18.3 Å². The second-order valence-corrected chi connectivity index (χ2v) is 13.4. The monoisotopic (exact) mass is 623 g/mol. The number of rotatable bonds is 7. The molecule has 0 radical (unpaired) electrons. The first kappa shape index (κ1) is 31.2. The maximum Gasteiger partial charge on any atom is 0.416 e. The number of carboxylic acids is 1. The summed E-state index contributed by atoms with van der Waals surface area (Å²) in [4.78, 5) is 13.9. The molecule has 10 heteroatoms. The highest BCUT2D eigenvalue weighted by molar-refractivity contribution is 5.71. The van der Waals surface area contributed by atoms with E-state index in [2.05, 4.69) is 6.07 Å². The smallest absolute Gasteiger partial charge is 0.416 e. The first-order valence-electron chi connectivity index (χ1n) is 15.8. The zero-order valence-electron chi connectivity index (χ0n) is 24.9. The van der Waals surface area contributed by atoms with Crippen molar-refractivity contribution in [2.45, 2.75) is 114 Å². The van der Waals surface area contributed by atoms with Gasteiger partial charge in [-0.2, -0.15) is 26.3 Å². The predicted octanol–water partition coefficient (Wildman–Crippen LogP) is 9.03. The molecule has 0 spiro atoms. The van der Waals surface area contributed by atoms with E-state index in [4.69, 9.17) is 4.74 Å². The minimum absolute atomic E-state index is 0.0508. The summed E-state index contributed by atoms with van der Waals surface area (Å²) >= 11 is 0. The van der Waals surface area contributed by atoms with E-state index in [1.165, 1.54) is 0 Å². The van der Waals surface area contributed by atoms with Gasteiger partial charge in [0.05, 0.1) is 17.0 Å². The third-order valence-electron chi connectivity index (χ3n) is 10.7. The summed E-state index contributed by atoms with van der Waals surface area (Å²) in [6.45, 7) is 3.37. The molecular formula is C34H39F6NO3. The molecule has 3 unspecified atom stereocenters. The Balaban J connectivity index is 1.22. The average Bonchev–Trinajstić information content (AvgIpc) is 3.79. The molecule has 3 fully saturated rings. The van der Waals surface area contributed by atoms with Crippen LogP contribution in [0.2, 0.25) is 0 Å². The van der Waals surface area contributed by atoms with Gasteiger partial charge in [-0.05, 0) is 117 Å². The zero-order chi connectivity index (χ0) is 31.6. The third-order valence-corrected chi connectivity index (χ3v) is 10.7. The van der Waals surface area contributed by atoms with E-state index in [9.17, 15) is 36.2 Å². The minimum Gasteiger partial charge on any atom is -0.490 e. The van der Waals surface area contributed by atoms with Crippen LogP contribution in [-0.2, 0) is 23.6 Å². The number of hydrogen-bond acceptors (Lipinski definition) is 3. The summed E-state index contributed by atoms with van der Waals surface area (Å²) in [7, 11) is 0. The summed E-state index contributed by atoms with van der Waals surface area (Å²) in [6.07, 6.45) is -1.98. The van der Waals surface area contributed by atoms with Crippen molar-refractivity contribution in [2.75, 3.05) is 0 Å². The number of benzene rings is 2. The maximum absolute atomic E-state index is 14.0. The molecule has 2 aromatic rings. The van der Waals surface area contributed by atoms with Crippen molar-refractivity contribution in [3.63, 3.8) is 0 Å². The summed E-state index contributed by atoms with van der Waals surface area (Å²) in [5, 5.41) is 9.72. The molecule has 6 rings (SSSR count). The molecule has 4 aliphatic rings. The van der Waals surface area contributed by atoms with E-state index >= 15 is 0 Å². The lowest BCUT2D eigenvalue weighted by Crippen LogP contribution is -2.55. The topological polar surface area (TPSA) is 49.8 Å². The Morgan fingerprint density at radius 3 is 2.18 bits per heavy atom. The predicted molar refractivity (Wildman–Crippen MR) is 152 cm³/mol. The second-order valence-electron chi connectivity index (χ2n) is 13.4. The highest BCUT2D eigenvalue weighted by Gasteiger charge is 2.47. The average molecular weight is 624 g/mol. The molecule has 2 bridgehead atoms. The van der Waals surface area contributed by atoms with Gasteiger partial charge in [-0.3, -0.25) is 9.69 Å². The number of piperidine rings is 2. The fraction of sp³-hybridized carbons (Fsp3) is 0.618. The molecule has 1 N–H and O–H groups in total. The summed E-state index contributed by atoms with van der Waals surface area (Å²) in [5.41, 5.74) is -0.314. The number of aryl methyl sites for hydroxylation is 1. The molecule has 3 heterocycles. The molecule has 3 aliphatic heterocycles. The molecule has 6 atom stereocenters. The van der Waals surface area contributed by atoms with Gasteiger partial charge in [-0.15, -0.1) is 0 Å². The van der Waals surface area contributed by atoms with Crippen molar-refractivity contribution < 1.29 is 41.0 Å². The van der Waals surface area contributed by atoms with Gasteiger partial charge in [0.2, 0.25) is 0 Å². The van der Waals surface area contributed by atoms with Crippen molar-refractivity contribution in [2.24, 2.45) is 17.8 Å². The zero-order valence-corrected chi connectivity index (χ0v) is 24.9. The Morgan fingerprint density at radius 1 is 0.909 bits per heavy atom. The number of hydrogen-bond donors (Lipinski definition) is 1. The number of alkyl halides is 6. The SMILES string of the molecule is C[C@H](C(=O)O)[C@H](c1ccc2c(c1)OC(C1CC3CCCC(C1)N3[C@@H](C)c1cc(C(F)(F)F)ccc1C(F)(F)F)CC2)C1CC1.